The molecule has 0 aliphatic rings. The summed E-state index contributed by atoms with van der Waals surface area (Å²) in [6, 6.07) is 12.5. The van der Waals surface area contributed by atoms with E-state index < -0.39 is 10.8 Å². The summed E-state index contributed by atoms with van der Waals surface area (Å²) >= 11 is 0. The van der Waals surface area contributed by atoms with E-state index in [4.69, 9.17) is 4.74 Å². The zero-order valence-corrected chi connectivity index (χ0v) is 12.7. The molecule has 1 N–H and O–H groups in total. The van der Waals surface area contributed by atoms with Gasteiger partial charge >= 0.3 is 0 Å². The number of hydrogen-bond donors (Lipinski definition) is 1. The first-order chi connectivity index (χ1) is 11.6. The van der Waals surface area contributed by atoms with Crippen LogP contribution in [0.3, 0.4) is 0 Å². The standard InChI is InChI=1S/C17H15N3O4/c1-2-10-24-16-8-6-13(7-9-16)12-18-19-17(21)14-4-3-5-15(11-14)20(22)23/h2-9,11-12H,1,10H2,(H,19,21). The lowest BCUT2D eigenvalue weighted by molar-refractivity contribution is -0.384. The molecule has 2 aromatic rings. The van der Waals surface area contributed by atoms with Crippen molar-refractivity contribution in [3.05, 3.63) is 82.4 Å². The minimum atomic E-state index is -0.559. The van der Waals surface area contributed by atoms with Gasteiger partial charge in [-0.25, -0.2) is 5.43 Å². The van der Waals surface area contributed by atoms with E-state index in [9.17, 15) is 14.9 Å². The van der Waals surface area contributed by atoms with Gasteiger partial charge in [0.2, 0.25) is 0 Å². The van der Waals surface area contributed by atoms with Crippen molar-refractivity contribution in [2.75, 3.05) is 6.61 Å². The van der Waals surface area contributed by atoms with E-state index in [1.807, 2.05) is 0 Å². The Bertz CT molecular complexity index is 770. The number of hydrazone groups is 1. The molecule has 122 valence electrons. The van der Waals surface area contributed by atoms with Crippen molar-refractivity contribution >= 4 is 17.8 Å². The van der Waals surface area contributed by atoms with Crippen molar-refractivity contribution in [2.24, 2.45) is 5.10 Å². The maximum Gasteiger partial charge on any atom is 0.271 e. The van der Waals surface area contributed by atoms with Crippen LogP contribution in [-0.4, -0.2) is 23.7 Å². The van der Waals surface area contributed by atoms with Crippen LogP contribution in [0.15, 0.2) is 66.3 Å². The van der Waals surface area contributed by atoms with Gasteiger partial charge in [-0.05, 0) is 35.9 Å². The summed E-state index contributed by atoms with van der Waals surface area (Å²) < 4.78 is 5.35. The third-order valence-corrected chi connectivity index (χ3v) is 2.95. The summed E-state index contributed by atoms with van der Waals surface area (Å²) in [5.74, 6) is 0.175. The number of carbonyl (C=O) groups excluding carboxylic acids is 1. The van der Waals surface area contributed by atoms with Crippen LogP contribution in [0.25, 0.3) is 0 Å². The molecule has 0 aliphatic heterocycles. The summed E-state index contributed by atoms with van der Waals surface area (Å²) in [7, 11) is 0. The summed E-state index contributed by atoms with van der Waals surface area (Å²) in [4.78, 5) is 22.0. The SMILES string of the molecule is C=CCOc1ccc(C=NNC(=O)c2cccc([N+](=O)[O-])c2)cc1. The smallest absolute Gasteiger partial charge is 0.271 e. The van der Waals surface area contributed by atoms with Gasteiger partial charge in [0.15, 0.2) is 0 Å². The molecule has 0 saturated heterocycles. The Kier molecular flexibility index (Phi) is 5.79. The number of nitrogens with one attached hydrogen (secondary N) is 1. The molecule has 0 aromatic heterocycles. The van der Waals surface area contributed by atoms with Gasteiger partial charge < -0.3 is 4.74 Å². The second kappa shape index (κ2) is 8.23. The summed E-state index contributed by atoms with van der Waals surface area (Å²) in [6.45, 7) is 3.99. The molecule has 0 unspecified atom stereocenters. The molecule has 0 saturated carbocycles. The molecular weight excluding hydrogens is 310 g/mol. The van der Waals surface area contributed by atoms with E-state index in [0.717, 1.165) is 5.56 Å². The van der Waals surface area contributed by atoms with Crippen LogP contribution < -0.4 is 10.2 Å². The van der Waals surface area contributed by atoms with E-state index in [2.05, 4.69) is 17.1 Å². The molecule has 2 rings (SSSR count). The highest BCUT2D eigenvalue weighted by molar-refractivity contribution is 5.95. The van der Waals surface area contributed by atoms with Crippen molar-refractivity contribution in [3.63, 3.8) is 0 Å². The number of hydrogen-bond acceptors (Lipinski definition) is 5. The topological polar surface area (TPSA) is 93.8 Å². The first kappa shape index (κ1) is 16.9. The number of benzene rings is 2. The highest BCUT2D eigenvalue weighted by Gasteiger charge is 2.10. The molecule has 0 spiro atoms. The second-order valence-electron chi connectivity index (χ2n) is 4.68. The highest BCUT2D eigenvalue weighted by Crippen LogP contribution is 2.13. The number of nitro benzene ring substituents is 1. The number of nitrogens with zero attached hydrogens (tertiary/aromatic N) is 2. The zero-order chi connectivity index (χ0) is 17.4. The van der Waals surface area contributed by atoms with Crippen molar-refractivity contribution in [2.45, 2.75) is 0 Å². The maximum atomic E-state index is 11.9. The van der Waals surface area contributed by atoms with Gasteiger partial charge in [-0.3, -0.25) is 14.9 Å². The summed E-state index contributed by atoms with van der Waals surface area (Å²) in [5, 5.41) is 14.5. The van der Waals surface area contributed by atoms with Gasteiger partial charge in [0.05, 0.1) is 11.1 Å². The molecule has 7 nitrogen and oxygen atoms in total. The Morgan fingerprint density at radius 1 is 1.29 bits per heavy atom. The first-order valence-corrected chi connectivity index (χ1v) is 7.02. The lowest BCUT2D eigenvalue weighted by Crippen LogP contribution is -2.17. The quantitative estimate of drug-likeness (QED) is 0.366. The van der Waals surface area contributed by atoms with Gasteiger partial charge in [0.25, 0.3) is 11.6 Å². The van der Waals surface area contributed by atoms with Gasteiger partial charge in [0, 0.05) is 17.7 Å². The predicted octanol–water partition coefficient (Wildman–Crippen LogP) is 2.92. The van der Waals surface area contributed by atoms with Crippen molar-refractivity contribution in [3.8, 4) is 5.75 Å². The Labute approximate surface area is 138 Å². The Balaban J connectivity index is 1.95. The summed E-state index contributed by atoms with van der Waals surface area (Å²) in [5.41, 5.74) is 3.10. The molecule has 0 aliphatic carbocycles. The Hall–Kier alpha value is -3.48. The maximum absolute atomic E-state index is 11.9. The first-order valence-electron chi connectivity index (χ1n) is 7.02. The molecule has 24 heavy (non-hydrogen) atoms. The second-order valence-corrected chi connectivity index (χ2v) is 4.68. The van der Waals surface area contributed by atoms with E-state index >= 15 is 0 Å². The lowest BCUT2D eigenvalue weighted by atomic mass is 10.2. The van der Waals surface area contributed by atoms with Crippen molar-refractivity contribution in [1.29, 1.82) is 0 Å². The van der Waals surface area contributed by atoms with Crippen LogP contribution in [0.5, 0.6) is 5.75 Å². The van der Waals surface area contributed by atoms with Crippen LogP contribution in [0, 0.1) is 10.1 Å². The molecule has 0 radical (unpaired) electrons. The molecule has 7 heteroatoms. The molecule has 0 fully saturated rings. The van der Waals surface area contributed by atoms with Gasteiger partial charge in [-0.15, -0.1) is 0 Å². The molecular formula is C17H15N3O4. The van der Waals surface area contributed by atoms with Crippen LogP contribution >= 0.6 is 0 Å². The fourth-order valence-corrected chi connectivity index (χ4v) is 1.80. The van der Waals surface area contributed by atoms with E-state index in [0.29, 0.717) is 12.4 Å². The number of ether oxygens (including phenoxy) is 1. The van der Waals surface area contributed by atoms with Crippen LogP contribution in [0.4, 0.5) is 5.69 Å². The number of nitro groups is 1. The zero-order valence-electron chi connectivity index (χ0n) is 12.7. The minimum Gasteiger partial charge on any atom is -0.490 e. The van der Waals surface area contributed by atoms with Gasteiger partial charge in [-0.1, -0.05) is 18.7 Å². The fourth-order valence-electron chi connectivity index (χ4n) is 1.80. The molecule has 0 atom stereocenters. The normalized spacial score (nSPS) is 10.3. The number of carbonyl (C=O) groups is 1. The van der Waals surface area contributed by atoms with Crippen molar-refractivity contribution in [1.82, 2.24) is 5.43 Å². The van der Waals surface area contributed by atoms with E-state index in [1.54, 1.807) is 30.3 Å². The average Bonchev–Trinajstić information content (AvgIpc) is 2.61. The van der Waals surface area contributed by atoms with E-state index in [-0.39, 0.29) is 11.3 Å². The van der Waals surface area contributed by atoms with Crippen LogP contribution in [-0.2, 0) is 0 Å². The molecule has 0 heterocycles. The molecule has 2 aromatic carbocycles. The minimum absolute atomic E-state index is 0.151. The molecule has 1 amide bonds. The average molecular weight is 325 g/mol. The summed E-state index contributed by atoms with van der Waals surface area (Å²) in [6.07, 6.45) is 3.12. The van der Waals surface area contributed by atoms with Gasteiger partial charge in [0.1, 0.15) is 12.4 Å². The number of non-ortho nitro benzene ring substituents is 1. The number of rotatable bonds is 7. The third-order valence-electron chi connectivity index (χ3n) is 2.95. The monoisotopic (exact) mass is 325 g/mol. The van der Waals surface area contributed by atoms with Crippen molar-refractivity contribution < 1.29 is 14.5 Å². The molecule has 0 bridgehead atoms. The van der Waals surface area contributed by atoms with Crippen LogP contribution in [0.2, 0.25) is 0 Å². The highest BCUT2D eigenvalue weighted by atomic mass is 16.6. The third kappa shape index (κ3) is 4.77. The Morgan fingerprint density at radius 2 is 2.04 bits per heavy atom. The predicted molar refractivity (Wildman–Crippen MR) is 90.3 cm³/mol. The number of amides is 1. The van der Waals surface area contributed by atoms with Crippen LogP contribution in [0.1, 0.15) is 15.9 Å². The fraction of sp³-hybridized carbons (Fsp3) is 0.0588. The Morgan fingerprint density at radius 3 is 2.71 bits per heavy atom. The lowest BCUT2D eigenvalue weighted by Gasteiger charge is -2.03. The van der Waals surface area contributed by atoms with Gasteiger partial charge in [-0.2, -0.15) is 5.10 Å². The van der Waals surface area contributed by atoms with E-state index in [1.165, 1.54) is 30.5 Å². The largest absolute Gasteiger partial charge is 0.490 e.